The second-order valence-electron chi connectivity index (χ2n) is 9.38. The Morgan fingerprint density at radius 1 is 1.09 bits per heavy atom. The van der Waals surface area contributed by atoms with E-state index in [2.05, 4.69) is 77.1 Å². The summed E-state index contributed by atoms with van der Waals surface area (Å²) in [5.41, 5.74) is 7.04. The molecule has 0 unspecified atom stereocenters. The molecule has 34 heavy (non-hydrogen) atoms. The summed E-state index contributed by atoms with van der Waals surface area (Å²) in [5.74, 6) is 0.440. The lowest BCUT2D eigenvalue weighted by Gasteiger charge is -2.33. The molecular formula is C28H32ClN5. The Bertz CT molecular complexity index is 1240. The largest absolute Gasteiger partial charge is 0.306 e. The van der Waals surface area contributed by atoms with Gasteiger partial charge in [0.25, 0.3) is 0 Å². The molecule has 2 aromatic carbocycles. The highest BCUT2D eigenvalue weighted by Crippen LogP contribution is 2.29. The summed E-state index contributed by atoms with van der Waals surface area (Å²) in [5, 5.41) is 9.39. The lowest BCUT2D eigenvalue weighted by molar-refractivity contribution is 0.197. The number of likely N-dealkylation sites (tertiary alicyclic amines) is 1. The second kappa shape index (κ2) is 10.3. The van der Waals surface area contributed by atoms with Crippen LogP contribution in [-0.2, 0) is 13.1 Å². The van der Waals surface area contributed by atoms with Gasteiger partial charge < -0.3 is 5.32 Å². The van der Waals surface area contributed by atoms with E-state index in [1.807, 2.05) is 18.3 Å². The van der Waals surface area contributed by atoms with E-state index < -0.39 is 0 Å². The van der Waals surface area contributed by atoms with E-state index in [4.69, 9.17) is 21.7 Å². The third kappa shape index (κ3) is 5.02. The maximum atomic E-state index is 6.06. The molecule has 2 aromatic heterocycles. The summed E-state index contributed by atoms with van der Waals surface area (Å²) in [7, 11) is 0. The van der Waals surface area contributed by atoms with Crippen molar-refractivity contribution in [2.45, 2.75) is 51.7 Å². The highest BCUT2D eigenvalue weighted by atomic mass is 35.5. The normalized spacial score (nSPS) is 17.8. The molecule has 1 saturated heterocycles. The van der Waals surface area contributed by atoms with Crippen molar-refractivity contribution in [1.29, 1.82) is 0 Å². The number of halogens is 1. The summed E-state index contributed by atoms with van der Waals surface area (Å²) in [6.45, 7) is 8.14. The third-order valence-corrected chi connectivity index (χ3v) is 7.22. The van der Waals surface area contributed by atoms with Gasteiger partial charge in [-0.25, -0.2) is 9.50 Å². The Morgan fingerprint density at radius 3 is 2.68 bits per heavy atom. The number of benzene rings is 2. The first-order valence-corrected chi connectivity index (χ1v) is 12.5. The van der Waals surface area contributed by atoms with Crippen LogP contribution in [0.1, 0.15) is 59.8 Å². The van der Waals surface area contributed by atoms with Gasteiger partial charge in [0.2, 0.25) is 0 Å². The number of aryl methyl sites for hydroxylation is 1. The quantitative estimate of drug-likeness (QED) is 0.362. The summed E-state index contributed by atoms with van der Waals surface area (Å²) >= 11 is 6.06. The van der Waals surface area contributed by atoms with Gasteiger partial charge in [-0.2, -0.15) is 5.10 Å². The van der Waals surface area contributed by atoms with Gasteiger partial charge in [0.15, 0.2) is 5.65 Å². The molecule has 0 amide bonds. The zero-order valence-electron chi connectivity index (χ0n) is 19.9. The summed E-state index contributed by atoms with van der Waals surface area (Å²) < 4.78 is 2.09. The van der Waals surface area contributed by atoms with Crippen LogP contribution < -0.4 is 5.32 Å². The molecule has 0 bridgehead atoms. The molecular weight excluding hydrogens is 442 g/mol. The summed E-state index contributed by atoms with van der Waals surface area (Å²) in [6, 6.07) is 21.2. The highest BCUT2D eigenvalue weighted by Gasteiger charge is 2.25. The lowest BCUT2D eigenvalue weighted by atomic mass is 9.94. The number of fused-ring (bicyclic) bond motifs is 1. The monoisotopic (exact) mass is 473 g/mol. The van der Waals surface area contributed by atoms with Gasteiger partial charge in [-0.05, 0) is 62.6 Å². The number of aromatic nitrogens is 3. The van der Waals surface area contributed by atoms with Gasteiger partial charge >= 0.3 is 0 Å². The van der Waals surface area contributed by atoms with E-state index >= 15 is 0 Å². The van der Waals surface area contributed by atoms with E-state index in [0.29, 0.717) is 5.92 Å². The zero-order valence-corrected chi connectivity index (χ0v) is 20.7. The smallest absolute Gasteiger partial charge is 0.159 e. The van der Waals surface area contributed by atoms with Gasteiger partial charge in [-0.3, -0.25) is 4.90 Å². The molecule has 4 aromatic rings. The SMILES string of the molecule is Cc1nn2c([C@@H]3CCCN(Cc4ccc(Cl)cc4)C3)ccnc2c1CN[C@@H](C)c1ccccc1. The van der Waals surface area contributed by atoms with E-state index in [1.165, 1.54) is 35.2 Å². The van der Waals surface area contributed by atoms with E-state index in [1.54, 1.807) is 0 Å². The standard InChI is InChI=1S/C28H32ClN5/c1-20(23-7-4-3-5-8-23)31-17-26-21(2)32-34-27(14-15-30-28(26)34)24-9-6-16-33(19-24)18-22-10-12-25(29)13-11-22/h3-5,7-8,10-15,20,24,31H,6,9,16-19H2,1-2H3/t20-,24+/m0/s1. The first-order valence-electron chi connectivity index (χ1n) is 12.2. The molecule has 3 heterocycles. The fourth-order valence-electron chi connectivity index (χ4n) is 5.03. The van der Waals surface area contributed by atoms with Crippen molar-refractivity contribution in [3.8, 4) is 0 Å². The highest BCUT2D eigenvalue weighted by molar-refractivity contribution is 6.30. The van der Waals surface area contributed by atoms with Gasteiger partial charge in [0.05, 0.1) is 11.4 Å². The van der Waals surface area contributed by atoms with Crippen LogP contribution in [0.15, 0.2) is 66.9 Å². The molecule has 1 aliphatic heterocycles. The predicted octanol–water partition coefficient (Wildman–Crippen LogP) is 5.92. The number of nitrogens with zero attached hydrogens (tertiary/aromatic N) is 4. The minimum atomic E-state index is 0.263. The van der Waals surface area contributed by atoms with Crippen molar-refractivity contribution in [2.75, 3.05) is 13.1 Å². The van der Waals surface area contributed by atoms with Gasteiger partial charge in [-0.15, -0.1) is 0 Å². The first kappa shape index (κ1) is 23.0. The number of hydrogen-bond acceptors (Lipinski definition) is 4. The van der Waals surface area contributed by atoms with Crippen LogP contribution >= 0.6 is 11.6 Å². The number of rotatable bonds is 7. The average molecular weight is 474 g/mol. The Hall–Kier alpha value is -2.73. The van der Waals surface area contributed by atoms with Crippen LogP contribution in [-0.4, -0.2) is 32.6 Å². The average Bonchev–Trinajstić information content (AvgIpc) is 3.19. The maximum absolute atomic E-state index is 6.06. The Balaban J connectivity index is 1.33. The Labute approximate surface area is 206 Å². The molecule has 1 fully saturated rings. The fourth-order valence-corrected chi connectivity index (χ4v) is 5.16. The molecule has 2 atom stereocenters. The number of piperidine rings is 1. The maximum Gasteiger partial charge on any atom is 0.159 e. The molecule has 0 saturated carbocycles. The third-order valence-electron chi connectivity index (χ3n) is 6.97. The van der Waals surface area contributed by atoms with Crippen molar-refractivity contribution in [3.05, 3.63) is 100.0 Å². The first-order chi connectivity index (χ1) is 16.6. The van der Waals surface area contributed by atoms with E-state index in [-0.39, 0.29) is 6.04 Å². The van der Waals surface area contributed by atoms with Gasteiger partial charge in [-0.1, -0.05) is 54.1 Å². The van der Waals surface area contributed by atoms with Crippen LogP contribution in [0, 0.1) is 6.92 Å². The molecule has 1 N–H and O–H groups in total. The Morgan fingerprint density at radius 2 is 1.88 bits per heavy atom. The van der Waals surface area contributed by atoms with E-state index in [0.717, 1.165) is 42.5 Å². The van der Waals surface area contributed by atoms with Crippen molar-refractivity contribution < 1.29 is 0 Å². The van der Waals surface area contributed by atoms with Gasteiger partial charge in [0.1, 0.15) is 0 Å². The van der Waals surface area contributed by atoms with Gasteiger partial charge in [0, 0.05) is 48.4 Å². The number of hydrogen-bond donors (Lipinski definition) is 1. The molecule has 0 radical (unpaired) electrons. The van der Waals surface area contributed by atoms with Crippen LogP contribution in [0.25, 0.3) is 5.65 Å². The van der Waals surface area contributed by atoms with Crippen LogP contribution in [0.2, 0.25) is 5.02 Å². The van der Waals surface area contributed by atoms with Crippen molar-refractivity contribution >= 4 is 17.2 Å². The molecule has 0 aliphatic carbocycles. The topological polar surface area (TPSA) is 45.5 Å². The van der Waals surface area contributed by atoms with Crippen LogP contribution in [0.5, 0.6) is 0 Å². The molecule has 176 valence electrons. The molecule has 5 rings (SSSR count). The second-order valence-corrected chi connectivity index (χ2v) is 9.82. The minimum absolute atomic E-state index is 0.263. The van der Waals surface area contributed by atoms with Crippen molar-refractivity contribution in [1.82, 2.24) is 24.8 Å². The van der Waals surface area contributed by atoms with E-state index in [9.17, 15) is 0 Å². The van der Waals surface area contributed by atoms with Crippen LogP contribution in [0.3, 0.4) is 0 Å². The van der Waals surface area contributed by atoms with Crippen molar-refractivity contribution in [2.24, 2.45) is 0 Å². The minimum Gasteiger partial charge on any atom is -0.306 e. The van der Waals surface area contributed by atoms with Crippen LogP contribution in [0.4, 0.5) is 0 Å². The molecule has 0 spiro atoms. The summed E-state index contributed by atoms with van der Waals surface area (Å²) in [6.07, 6.45) is 4.31. The number of nitrogens with one attached hydrogen (secondary N) is 1. The summed E-state index contributed by atoms with van der Waals surface area (Å²) in [4.78, 5) is 7.28. The lowest BCUT2D eigenvalue weighted by Crippen LogP contribution is -2.34. The molecule has 1 aliphatic rings. The molecule has 6 heteroatoms. The Kier molecular flexibility index (Phi) is 6.95. The van der Waals surface area contributed by atoms with Crippen molar-refractivity contribution in [3.63, 3.8) is 0 Å². The zero-order chi connectivity index (χ0) is 23.5. The predicted molar refractivity (Wildman–Crippen MR) is 138 cm³/mol. The molecule has 5 nitrogen and oxygen atoms in total. The fraction of sp³-hybridized carbons (Fsp3) is 0.357.